The van der Waals surface area contributed by atoms with Crippen LogP contribution in [0.4, 0.5) is 0 Å². The summed E-state index contributed by atoms with van der Waals surface area (Å²) in [5.41, 5.74) is 0.885. The fraction of sp³-hybridized carbons (Fsp3) is 0.400. The summed E-state index contributed by atoms with van der Waals surface area (Å²) in [5.74, 6) is 1.72. The molecule has 0 bridgehead atoms. The number of hydrogen-bond donors (Lipinski definition) is 1. The summed E-state index contributed by atoms with van der Waals surface area (Å²) in [5, 5.41) is 4.49. The minimum atomic E-state index is 0.651. The van der Waals surface area contributed by atoms with E-state index in [1.807, 2.05) is 18.2 Å². The lowest BCUT2D eigenvalue weighted by atomic mass is 10.2. The number of rotatable bonds is 6. The van der Waals surface area contributed by atoms with Crippen molar-refractivity contribution in [2.75, 3.05) is 19.7 Å². The SMILES string of the molecule is Brc1cc(Br)c2cccnc2c1OCCNCC1CC1. The fourth-order valence-electron chi connectivity index (χ4n) is 2.14. The average molecular weight is 400 g/mol. The number of ether oxygens (including phenoxy) is 1. The molecule has 3 rings (SSSR count). The molecule has 2 aromatic rings. The van der Waals surface area contributed by atoms with Crippen LogP contribution >= 0.6 is 31.9 Å². The van der Waals surface area contributed by atoms with Crippen molar-refractivity contribution in [3.05, 3.63) is 33.3 Å². The third kappa shape index (κ3) is 3.32. The van der Waals surface area contributed by atoms with Crippen molar-refractivity contribution in [2.45, 2.75) is 12.8 Å². The summed E-state index contributed by atoms with van der Waals surface area (Å²) < 4.78 is 7.86. The first-order valence-corrected chi connectivity index (χ1v) is 8.40. The molecule has 0 saturated heterocycles. The summed E-state index contributed by atoms with van der Waals surface area (Å²) in [6.45, 7) is 2.63. The Kier molecular flexibility index (Phi) is 4.58. The van der Waals surface area contributed by atoms with Crippen LogP contribution in [0, 0.1) is 5.92 Å². The van der Waals surface area contributed by atoms with Crippen molar-refractivity contribution in [1.29, 1.82) is 0 Å². The van der Waals surface area contributed by atoms with Crippen LogP contribution in [0.1, 0.15) is 12.8 Å². The molecule has 3 nitrogen and oxygen atoms in total. The van der Waals surface area contributed by atoms with Gasteiger partial charge in [-0.1, -0.05) is 22.0 Å². The molecular weight excluding hydrogens is 384 g/mol. The Morgan fingerprint density at radius 3 is 2.95 bits per heavy atom. The predicted molar refractivity (Wildman–Crippen MR) is 88.2 cm³/mol. The van der Waals surface area contributed by atoms with E-state index in [1.165, 1.54) is 12.8 Å². The van der Waals surface area contributed by atoms with Gasteiger partial charge in [-0.2, -0.15) is 0 Å². The first-order valence-electron chi connectivity index (χ1n) is 6.82. The Bertz CT molecular complexity index is 614. The molecule has 20 heavy (non-hydrogen) atoms. The van der Waals surface area contributed by atoms with Crippen molar-refractivity contribution in [1.82, 2.24) is 10.3 Å². The molecule has 1 aliphatic carbocycles. The zero-order chi connectivity index (χ0) is 13.9. The number of fused-ring (bicyclic) bond motifs is 1. The molecule has 0 spiro atoms. The molecule has 1 N–H and O–H groups in total. The minimum absolute atomic E-state index is 0.651. The van der Waals surface area contributed by atoms with E-state index in [2.05, 4.69) is 42.2 Å². The predicted octanol–water partition coefficient (Wildman–Crippen LogP) is 4.14. The van der Waals surface area contributed by atoms with Gasteiger partial charge < -0.3 is 10.1 Å². The van der Waals surface area contributed by atoms with Crippen molar-refractivity contribution < 1.29 is 4.74 Å². The monoisotopic (exact) mass is 398 g/mol. The Morgan fingerprint density at radius 2 is 2.15 bits per heavy atom. The van der Waals surface area contributed by atoms with E-state index < -0.39 is 0 Å². The zero-order valence-corrected chi connectivity index (χ0v) is 14.2. The van der Waals surface area contributed by atoms with Crippen molar-refractivity contribution >= 4 is 42.8 Å². The van der Waals surface area contributed by atoms with Crippen LogP contribution in [0.25, 0.3) is 10.9 Å². The Labute approximate surface area is 135 Å². The van der Waals surface area contributed by atoms with Crippen LogP contribution in [0.15, 0.2) is 33.3 Å². The molecule has 0 aliphatic heterocycles. The maximum absolute atomic E-state index is 5.91. The lowest BCUT2D eigenvalue weighted by Gasteiger charge is -2.12. The molecule has 0 amide bonds. The summed E-state index contributed by atoms with van der Waals surface area (Å²) in [4.78, 5) is 4.43. The van der Waals surface area contributed by atoms with E-state index in [9.17, 15) is 0 Å². The smallest absolute Gasteiger partial charge is 0.159 e. The van der Waals surface area contributed by atoms with Gasteiger partial charge in [0.05, 0.1) is 4.47 Å². The molecule has 1 saturated carbocycles. The first-order chi connectivity index (χ1) is 9.75. The number of nitrogens with one attached hydrogen (secondary N) is 1. The van der Waals surface area contributed by atoms with Crippen LogP contribution < -0.4 is 10.1 Å². The number of aromatic nitrogens is 1. The zero-order valence-electron chi connectivity index (χ0n) is 11.0. The van der Waals surface area contributed by atoms with Crippen LogP contribution in [0.3, 0.4) is 0 Å². The van der Waals surface area contributed by atoms with Gasteiger partial charge in [-0.3, -0.25) is 4.98 Å². The van der Waals surface area contributed by atoms with Crippen LogP contribution in [0.2, 0.25) is 0 Å². The fourth-order valence-corrected chi connectivity index (χ4v) is 3.52. The highest BCUT2D eigenvalue weighted by Gasteiger charge is 2.20. The van der Waals surface area contributed by atoms with Crippen molar-refractivity contribution in [3.63, 3.8) is 0 Å². The van der Waals surface area contributed by atoms with Gasteiger partial charge in [-0.15, -0.1) is 0 Å². The molecule has 1 aromatic heterocycles. The van der Waals surface area contributed by atoms with Crippen molar-refractivity contribution in [2.24, 2.45) is 5.92 Å². The maximum Gasteiger partial charge on any atom is 0.159 e. The quantitative estimate of drug-likeness (QED) is 0.741. The third-order valence-corrected chi connectivity index (χ3v) is 4.65. The normalized spacial score (nSPS) is 14.7. The van der Waals surface area contributed by atoms with Gasteiger partial charge in [-0.25, -0.2) is 0 Å². The van der Waals surface area contributed by atoms with Gasteiger partial charge in [0.15, 0.2) is 5.75 Å². The van der Waals surface area contributed by atoms with E-state index in [1.54, 1.807) is 6.20 Å². The minimum Gasteiger partial charge on any atom is -0.489 e. The largest absolute Gasteiger partial charge is 0.489 e. The van der Waals surface area contributed by atoms with Gasteiger partial charge in [-0.05, 0) is 53.4 Å². The van der Waals surface area contributed by atoms with E-state index in [-0.39, 0.29) is 0 Å². The second-order valence-electron chi connectivity index (χ2n) is 5.06. The van der Waals surface area contributed by atoms with Gasteiger partial charge in [0.2, 0.25) is 0 Å². The number of halogens is 2. The first kappa shape index (κ1) is 14.3. The molecule has 1 aliphatic rings. The number of pyridine rings is 1. The van der Waals surface area contributed by atoms with E-state index in [0.29, 0.717) is 6.61 Å². The van der Waals surface area contributed by atoms with Crippen LogP contribution in [-0.4, -0.2) is 24.7 Å². The highest BCUT2D eigenvalue weighted by molar-refractivity contribution is 9.11. The number of nitrogens with zero attached hydrogens (tertiary/aromatic N) is 1. The Balaban J connectivity index is 1.69. The van der Waals surface area contributed by atoms with Crippen LogP contribution in [-0.2, 0) is 0 Å². The van der Waals surface area contributed by atoms with Gasteiger partial charge in [0.25, 0.3) is 0 Å². The molecule has 5 heteroatoms. The lowest BCUT2D eigenvalue weighted by Crippen LogP contribution is -2.23. The van der Waals surface area contributed by atoms with E-state index in [0.717, 1.165) is 44.6 Å². The topological polar surface area (TPSA) is 34.1 Å². The molecule has 0 unspecified atom stereocenters. The Morgan fingerprint density at radius 1 is 1.30 bits per heavy atom. The molecule has 106 valence electrons. The van der Waals surface area contributed by atoms with E-state index >= 15 is 0 Å². The third-order valence-electron chi connectivity index (χ3n) is 3.41. The molecule has 0 atom stereocenters. The number of hydrogen-bond acceptors (Lipinski definition) is 3. The van der Waals surface area contributed by atoms with Gasteiger partial charge in [0, 0.05) is 22.6 Å². The number of benzene rings is 1. The second-order valence-corrected chi connectivity index (χ2v) is 6.77. The maximum atomic E-state index is 5.91. The van der Waals surface area contributed by atoms with Gasteiger partial charge >= 0.3 is 0 Å². The standard InChI is InChI=1S/C15H16Br2N2O/c16-12-8-13(17)15(14-11(12)2-1-5-19-14)20-7-6-18-9-10-3-4-10/h1-2,5,8,10,18H,3-4,6-7,9H2. The second kappa shape index (κ2) is 6.41. The molecular formula is C15H16Br2N2O. The highest BCUT2D eigenvalue weighted by Crippen LogP contribution is 2.37. The summed E-state index contributed by atoms with van der Waals surface area (Å²) in [6.07, 6.45) is 4.54. The van der Waals surface area contributed by atoms with Gasteiger partial charge in [0.1, 0.15) is 12.1 Å². The Hall–Kier alpha value is -0.650. The van der Waals surface area contributed by atoms with E-state index in [4.69, 9.17) is 4.74 Å². The summed E-state index contributed by atoms with van der Waals surface area (Å²) in [7, 11) is 0. The van der Waals surface area contributed by atoms with Crippen molar-refractivity contribution in [3.8, 4) is 5.75 Å². The van der Waals surface area contributed by atoms with Crippen LogP contribution in [0.5, 0.6) is 5.75 Å². The summed E-state index contributed by atoms with van der Waals surface area (Å²) in [6, 6.07) is 5.98. The average Bonchev–Trinajstić information content (AvgIpc) is 3.26. The highest BCUT2D eigenvalue weighted by atomic mass is 79.9. The molecule has 1 fully saturated rings. The molecule has 1 heterocycles. The molecule has 1 aromatic carbocycles. The summed E-state index contributed by atoms with van der Waals surface area (Å²) >= 11 is 7.12. The molecule has 0 radical (unpaired) electrons. The lowest BCUT2D eigenvalue weighted by molar-refractivity contribution is 0.314.